The van der Waals surface area contributed by atoms with Crippen LogP contribution in [0.3, 0.4) is 0 Å². The molecule has 0 aromatic heterocycles. The summed E-state index contributed by atoms with van der Waals surface area (Å²) in [4.78, 5) is 25.7. The third kappa shape index (κ3) is 4.80. The molecular weight excluding hydrogens is 496 g/mol. The Morgan fingerprint density at radius 1 is 1.10 bits per heavy atom. The van der Waals surface area contributed by atoms with Crippen molar-refractivity contribution < 1.29 is 19.2 Å². The Balaban J connectivity index is 1.55. The van der Waals surface area contributed by atoms with Crippen molar-refractivity contribution in [1.82, 2.24) is 0 Å². The van der Waals surface area contributed by atoms with Gasteiger partial charge in [-0.05, 0) is 54.8 Å². The second kappa shape index (κ2) is 10.7. The van der Waals surface area contributed by atoms with Crippen LogP contribution in [0, 0.1) is 21.4 Å². The molecule has 0 bridgehead atoms. The molecule has 9 heteroatoms. The van der Waals surface area contributed by atoms with Crippen LogP contribution in [0.2, 0.25) is 0 Å². The lowest BCUT2D eigenvalue weighted by Crippen LogP contribution is -2.38. The highest BCUT2D eigenvalue weighted by Crippen LogP contribution is 2.46. The highest BCUT2D eigenvalue weighted by atomic mass is 16.6. The van der Waals surface area contributed by atoms with Gasteiger partial charge in [0.05, 0.1) is 29.6 Å². The smallest absolute Gasteiger partial charge is 0.269 e. The zero-order valence-corrected chi connectivity index (χ0v) is 21.3. The second-order valence-corrected chi connectivity index (χ2v) is 9.26. The van der Waals surface area contributed by atoms with Crippen molar-refractivity contribution in [2.45, 2.75) is 31.8 Å². The van der Waals surface area contributed by atoms with Gasteiger partial charge in [0.1, 0.15) is 23.9 Å². The lowest BCUT2D eigenvalue weighted by Gasteiger charge is -2.39. The van der Waals surface area contributed by atoms with E-state index in [-0.39, 0.29) is 18.1 Å². The number of nitro benzene ring substituents is 1. The summed E-state index contributed by atoms with van der Waals surface area (Å²) < 4.78 is 11.4. The first-order valence-corrected chi connectivity index (χ1v) is 12.5. The molecule has 0 spiro atoms. The zero-order valence-electron chi connectivity index (χ0n) is 21.3. The molecule has 2 aliphatic rings. The number of hydrogen-bond acceptors (Lipinski definition) is 8. The van der Waals surface area contributed by atoms with Crippen molar-refractivity contribution in [2.24, 2.45) is 5.73 Å². The number of carbonyl (C=O) groups is 1. The monoisotopic (exact) mass is 522 g/mol. The van der Waals surface area contributed by atoms with Crippen molar-refractivity contribution >= 4 is 17.2 Å². The minimum absolute atomic E-state index is 0.00179. The van der Waals surface area contributed by atoms with Gasteiger partial charge in [-0.1, -0.05) is 24.3 Å². The molecule has 3 aromatic carbocycles. The summed E-state index contributed by atoms with van der Waals surface area (Å²) in [6.07, 6.45) is 1.78. The summed E-state index contributed by atoms with van der Waals surface area (Å²) in [6.45, 7) is 0.110. The number of nitriles is 1. The Morgan fingerprint density at radius 3 is 2.51 bits per heavy atom. The second-order valence-electron chi connectivity index (χ2n) is 9.26. The molecule has 1 aliphatic carbocycles. The van der Waals surface area contributed by atoms with Crippen LogP contribution in [-0.2, 0) is 11.4 Å². The largest absolute Gasteiger partial charge is 0.496 e. The van der Waals surface area contributed by atoms with Crippen molar-refractivity contribution in [1.29, 1.82) is 5.26 Å². The van der Waals surface area contributed by atoms with Gasteiger partial charge in [-0.15, -0.1) is 0 Å². The normalized spacial score (nSPS) is 17.0. The SMILES string of the molecule is COc1ccc([C@H]2C(C#N)=C(N)N(c3ccccc3)C3=C2C(=O)CCC3)cc1COc1ccc([N+](=O)[O-])cc1. The first-order valence-electron chi connectivity index (χ1n) is 12.5. The zero-order chi connectivity index (χ0) is 27.5. The number of non-ortho nitro benzene ring substituents is 1. The first kappa shape index (κ1) is 25.5. The van der Waals surface area contributed by atoms with Crippen molar-refractivity contribution in [3.63, 3.8) is 0 Å². The Kier molecular flexibility index (Phi) is 7.02. The average Bonchev–Trinajstić information content (AvgIpc) is 2.96. The van der Waals surface area contributed by atoms with Gasteiger partial charge in [-0.3, -0.25) is 19.8 Å². The van der Waals surface area contributed by atoms with E-state index in [4.69, 9.17) is 15.2 Å². The molecule has 1 heterocycles. The van der Waals surface area contributed by atoms with E-state index in [0.29, 0.717) is 53.3 Å². The standard InChI is InChI=1S/C30H26N4O5/c1-38-27-15-10-19(16-20(27)18-39-23-13-11-22(12-14-23)34(36)37)28-24(17-31)30(32)33(21-6-3-2-4-7-21)25-8-5-9-26(35)29(25)28/h2-4,6-7,10-16,28H,5,8-9,18,32H2,1H3/t28-/m0/s1. The van der Waals surface area contributed by atoms with Gasteiger partial charge in [0.15, 0.2) is 5.78 Å². The molecule has 1 aliphatic heterocycles. The van der Waals surface area contributed by atoms with Crippen molar-refractivity contribution in [3.8, 4) is 17.6 Å². The van der Waals surface area contributed by atoms with Gasteiger partial charge in [-0.25, -0.2) is 0 Å². The van der Waals surface area contributed by atoms with Gasteiger partial charge in [0.2, 0.25) is 0 Å². The fourth-order valence-electron chi connectivity index (χ4n) is 5.21. The third-order valence-corrected chi connectivity index (χ3v) is 7.01. The van der Waals surface area contributed by atoms with Gasteiger partial charge >= 0.3 is 0 Å². The maximum absolute atomic E-state index is 13.4. The van der Waals surface area contributed by atoms with Crippen LogP contribution in [-0.4, -0.2) is 17.8 Å². The van der Waals surface area contributed by atoms with Crippen molar-refractivity contribution in [3.05, 3.63) is 117 Å². The van der Waals surface area contributed by atoms with Crippen LogP contribution in [0.4, 0.5) is 11.4 Å². The summed E-state index contributed by atoms with van der Waals surface area (Å²) in [7, 11) is 1.55. The van der Waals surface area contributed by atoms with Gasteiger partial charge in [0.25, 0.3) is 5.69 Å². The predicted octanol–water partition coefficient (Wildman–Crippen LogP) is 5.49. The lowest BCUT2D eigenvalue weighted by molar-refractivity contribution is -0.384. The number of hydrogen-bond donors (Lipinski definition) is 1. The van der Waals surface area contributed by atoms with E-state index in [1.54, 1.807) is 13.2 Å². The number of methoxy groups -OCH3 is 1. The maximum atomic E-state index is 13.4. The number of nitro groups is 1. The third-order valence-electron chi connectivity index (χ3n) is 7.01. The average molecular weight is 523 g/mol. The number of nitrogens with two attached hydrogens (primary N) is 1. The first-order chi connectivity index (χ1) is 18.9. The Labute approximate surface area is 225 Å². The van der Waals surface area contributed by atoms with E-state index in [1.165, 1.54) is 24.3 Å². The molecule has 0 saturated heterocycles. The molecule has 0 amide bonds. The Morgan fingerprint density at radius 2 is 1.85 bits per heavy atom. The molecule has 0 radical (unpaired) electrons. The number of rotatable bonds is 7. The van der Waals surface area contributed by atoms with Gasteiger partial charge in [0, 0.05) is 41.1 Å². The molecule has 39 heavy (non-hydrogen) atoms. The highest BCUT2D eigenvalue weighted by Gasteiger charge is 2.40. The number of allylic oxidation sites excluding steroid dienone is 3. The molecule has 196 valence electrons. The molecule has 0 unspecified atom stereocenters. The van der Waals surface area contributed by atoms with Crippen molar-refractivity contribution in [2.75, 3.05) is 12.0 Å². The van der Waals surface area contributed by atoms with Crippen LogP contribution in [0.25, 0.3) is 0 Å². The van der Waals surface area contributed by atoms with E-state index >= 15 is 0 Å². The molecule has 5 rings (SSSR count). The predicted molar refractivity (Wildman–Crippen MR) is 145 cm³/mol. The minimum Gasteiger partial charge on any atom is -0.496 e. The van der Waals surface area contributed by atoms with Crippen LogP contribution < -0.4 is 20.1 Å². The van der Waals surface area contributed by atoms with Gasteiger partial charge in [-0.2, -0.15) is 5.26 Å². The van der Waals surface area contributed by atoms with E-state index in [9.17, 15) is 20.2 Å². The van der Waals surface area contributed by atoms with Crippen LogP contribution >= 0.6 is 0 Å². The van der Waals surface area contributed by atoms with E-state index < -0.39 is 10.8 Å². The quantitative estimate of drug-likeness (QED) is 0.318. The number of Topliss-reactive ketones (excluding diaryl/α,β-unsaturated/α-hetero) is 1. The number of ketones is 1. The van der Waals surface area contributed by atoms with Crippen LogP contribution in [0.5, 0.6) is 11.5 Å². The Hall–Kier alpha value is -5.10. The summed E-state index contributed by atoms with van der Waals surface area (Å²) in [5.41, 5.74) is 10.6. The number of anilines is 1. The number of nitrogens with zero attached hydrogens (tertiary/aromatic N) is 3. The summed E-state index contributed by atoms with van der Waals surface area (Å²) in [6, 6.07) is 23.1. The van der Waals surface area contributed by atoms with Gasteiger partial charge < -0.3 is 15.2 Å². The van der Waals surface area contributed by atoms with E-state index in [1.807, 2.05) is 47.4 Å². The molecular formula is C30H26N4O5. The fraction of sp³-hybridized carbons (Fsp3) is 0.200. The molecule has 1 atom stereocenters. The maximum Gasteiger partial charge on any atom is 0.269 e. The molecule has 2 N–H and O–H groups in total. The van der Waals surface area contributed by atoms with E-state index in [2.05, 4.69) is 6.07 Å². The summed E-state index contributed by atoms with van der Waals surface area (Å²) >= 11 is 0. The molecule has 9 nitrogen and oxygen atoms in total. The minimum atomic E-state index is -0.623. The number of ether oxygens (including phenoxy) is 2. The number of para-hydroxylation sites is 1. The summed E-state index contributed by atoms with van der Waals surface area (Å²) in [5.74, 6) is 0.714. The molecule has 3 aromatic rings. The Bertz CT molecular complexity index is 1540. The topological polar surface area (TPSA) is 132 Å². The lowest BCUT2D eigenvalue weighted by atomic mass is 9.75. The van der Waals surface area contributed by atoms with Crippen LogP contribution in [0.15, 0.2) is 95.5 Å². The highest BCUT2D eigenvalue weighted by molar-refractivity contribution is 6.01. The molecule has 0 fully saturated rings. The summed E-state index contributed by atoms with van der Waals surface area (Å²) in [5, 5.41) is 21.2. The fourth-order valence-corrected chi connectivity index (χ4v) is 5.21. The number of carbonyl (C=O) groups excluding carboxylic acids is 1. The van der Waals surface area contributed by atoms with E-state index in [0.717, 1.165) is 16.9 Å². The van der Waals surface area contributed by atoms with Crippen LogP contribution in [0.1, 0.15) is 36.3 Å². The molecule has 0 saturated carbocycles. The number of benzene rings is 3.